The summed E-state index contributed by atoms with van der Waals surface area (Å²) in [6, 6.07) is 7.33. The Morgan fingerprint density at radius 3 is 1.92 bits per heavy atom. The Kier molecular flexibility index (Phi) is 12.3. The molecule has 0 unspecified atom stereocenters. The summed E-state index contributed by atoms with van der Waals surface area (Å²) in [4.78, 5) is 10.8. The van der Waals surface area contributed by atoms with E-state index in [4.69, 9.17) is 29.4 Å². The maximum absolute atomic E-state index is 10.8. The lowest BCUT2D eigenvalue weighted by Crippen LogP contribution is -2.15. The predicted octanol–water partition coefficient (Wildman–Crippen LogP) is 0.887. The highest BCUT2D eigenvalue weighted by atomic mass is 16.6. The van der Waals surface area contributed by atoms with Crippen molar-refractivity contribution in [3.8, 4) is 5.75 Å². The van der Waals surface area contributed by atoms with Crippen LogP contribution < -0.4 is 10.5 Å². The van der Waals surface area contributed by atoms with Crippen molar-refractivity contribution in [3.05, 3.63) is 24.3 Å². The van der Waals surface area contributed by atoms with Gasteiger partial charge in [0.25, 0.3) is 0 Å². The first-order valence-corrected chi connectivity index (χ1v) is 8.09. The van der Waals surface area contributed by atoms with Crippen LogP contribution in [0.3, 0.4) is 0 Å². The molecule has 2 N–H and O–H groups in total. The van der Waals surface area contributed by atoms with Gasteiger partial charge >= 0.3 is 5.97 Å². The maximum Gasteiger partial charge on any atom is 0.331 e. The molecule has 8 heteroatoms. The van der Waals surface area contributed by atoms with Crippen molar-refractivity contribution >= 4 is 11.7 Å². The molecule has 0 bridgehead atoms. The summed E-state index contributed by atoms with van der Waals surface area (Å²) in [7, 11) is 1.31. The van der Waals surface area contributed by atoms with Crippen molar-refractivity contribution in [1.82, 2.24) is 0 Å². The van der Waals surface area contributed by atoms with Crippen LogP contribution in [-0.4, -0.2) is 72.5 Å². The number of nitrogen functional groups attached to an aromatic ring is 1. The number of nitrogens with two attached hydrogens (primary N) is 1. The van der Waals surface area contributed by atoms with E-state index < -0.39 is 5.97 Å². The zero-order valence-electron chi connectivity index (χ0n) is 14.6. The molecule has 0 aliphatic carbocycles. The third kappa shape index (κ3) is 11.3. The molecule has 0 spiro atoms. The Balaban J connectivity index is 1.79. The summed E-state index contributed by atoms with van der Waals surface area (Å²) in [5, 5.41) is 0. The molecule has 0 aliphatic rings. The molecule has 1 rings (SSSR count). The minimum Gasteiger partial charge on any atom is -0.489 e. The van der Waals surface area contributed by atoms with Gasteiger partial charge in [-0.1, -0.05) is 12.1 Å². The van der Waals surface area contributed by atoms with E-state index in [1.807, 2.05) is 18.2 Å². The first-order valence-electron chi connectivity index (χ1n) is 8.09. The lowest BCUT2D eigenvalue weighted by atomic mass is 10.3. The highest BCUT2D eigenvalue weighted by Gasteiger charge is 1.99. The quantitative estimate of drug-likeness (QED) is 0.281. The number of para-hydroxylation sites is 2. The summed E-state index contributed by atoms with van der Waals surface area (Å²) in [6.45, 7) is 3.46. The van der Waals surface area contributed by atoms with Crippen LogP contribution in [0.2, 0.25) is 0 Å². The molecule has 0 amide bonds. The van der Waals surface area contributed by atoms with Gasteiger partial charge in [-0.05, 0) is 12.1 Å². The molecule has 0 aromatic heterocycles. The summed E-state index contributed by atoms with van der Waals surface area (Å²) < 4.78 is 31.0. The molecule has 0 atom stereocenters. The molecule has 25 heavy (non-hydrogen) atoms. The highest BCUT2D eigenvalue weighted by molar-refractivity contribution is 5.70. The van der Waals surface area contributed by atoms with E-state index in [2.05, 4.69) is 4.74 Å². The number of rotatable bonds is 15. The van der Waals surface area contributed by atoms with E-state index in [9.17, 15) is 4.79 Å². The maximum atomic E-state index is 10.8. The van der Waals surface area contributed by atoms with Gasteiger partial charge in [0, 0.05) is 0 Å². The van der Waals surface area contributed by atoms with Gasteiger partial charge in [-0.2, -0.15) is 0 Å². The number of carbonyl (C=O) groups excluding carboxylic acids is 1. The Labute approximate surface area is 148 Å². The monoisotopic (exact) mass is 357 g/mol. The van der Waals surface area contributed by atoms with Crippen molar-refractivity contribution < 1.29 is 33.2 Å². The van der Waals surface area contributed by atoms with Gasteiger partial charge in [-0.25, -0.2) is 4.79 Å². The molecule has 1 aromatic carbocycles. The molecular weight excluding hydrogens is 330 g/mol. The van der Waals surface area contributed by atoms with Crippen LogP contribution in [0, 0.1) is 0 Å². The lowest BCUT2D eigenvalue weighted by Gasteiger charge is -2.09. The van der Waals surface area contributed by atoms with Crippen LogP contribution in [0.25, 0.3) is 0 Å². The van der Waals surface area contributed by atoms with Crippen LogP contribution in [0.4, 0.5) is 5.69 Å². The third-order valence-corrected chi connectivity index (χ3v) is 2.97. The Hall–Kier alpha value is -1.87. The van der Waals surface area contributed by atoms with E-state index >= 15 is 0 Å². The number of anilines is 1. The normalized spacial score (nSPS) is 10.6. The lowest BCUT2D eigenvalue weighted by molar-refractivity contribution is -0.146. The first-order chi connectivity index (χ1) is 12.2. The van der Waals surface area contributed by atoms with E-state index in [-0.39, 0.29) is 6.61 Å². The average molecular weight is 357 g/mol. The molecule has 142 valence electrons. The number of esters is 1. The number of hydrogen-bond donors (Lipinski definition) is 1. The highest BCUT2D eigenvalue weighted by Crippen LogP contribution is 2.19. The smallest absolute Gasteiger partial charge is 0.331 e. The van der Waals surface area contributed by atoms with Crippen molar-refractivity contribution in [3.63, 3.8) is 0 Å². The van der Waals surface area contributed by atoms with Crippen molar-refractivity contribution in [2.24, 2.45) is 0 Å². The molecule has 0 radical (unpaired) electrons. The van der Waals surface area contributed by atoms with E-state index in [1.165, 1.54) is 7.11 Å². The van der Waals surface area contributed by atoms with Crippen LogP contribution in [0.15, 0.2) is 24.3 Å². The van der Waals surface area contributed by atoms with E-state index in [0.29, 0.717) is 64.3 Å². The molecule has 0 heterocycles. The Morgan fingerprint density at radius 1 is 0.840 bits per heavy atom. The van der Waals surface area contributed by atoms with Gasteiger partial charge in [0.2, 0.25) is 0 Å². The molecule has 0 fully saturated rings. The molecule has 0 saturated heterocycles. The number of methoxy groups -OCH3 is 1. The second-order valence-electron chi connectivity index (χ2n) is 4.85. The van der Waals surface area contributed by atoms with Crippen LogP contribution in [0.5, 0.6) is 5.75 Å². The Bertz CT molecular complexity index is 470. The topological polar surface area (TPSA) is 98.5 Å². The largest absolute Gasteiger partial charge is 0.489 e. The van der Waals surface area contributed by atoms with Gasteiger partial charge in [-0.3, -0.25) is 0 Å². The van der Waals surface area contributed by atoms with Crippen LogP contribution in [0.1, 0.15) is 0 Å². The van der Waals surface area contributed by atoms with Crippen molar-refractivity contribution in [1.29, 1.82) is 0 Å². The fourth-order valence-corrected chi connectivity index (χ4v) is 1.70. The minimum atomic E-state index is -0.402. The fraction of sp³-hybridized carbons (Fsp3) is 0.588. The molecule has 1 aromatic rings. The molecule has 8 nitrogen and oxygen atoms in total. The number of ether oxygens (including phenoxy) is 6. The molecule has 0 aliphatic heterocycles. The SMILES string of the molecule is COC(=O)COCCOCCOCCOCCOc1ccccc1N. The van der Waals surface area contributed by atoms with Crippen molar-refractivity contribution in [2.75, 3.05) is 72.3 Å². The van der Waals surface area contributed by atoms with Gasteiger partial charge in [-0.15, -0.1) is 0 Å². The van der Waals surface area contributed by atoms with Crippen LogP contribution >= 0.6 is 0 Å². The minimum absolute atomic E-state index is 0.0612. The standard InChI is InChI=1S/C17H27NO7/c1-20-17(19)14-24-11-10-22-7-6-21-8-9-23-12-13-25-16-5-3-2-4-15(16)18/h2-5H,6-14,18H2,1H3. The predicted molar refractivity (Wildman–Crippen MR) is 91.6 cm³/mol. The summed E-state index contributed by atoms with van der Waals surface area (Å²) in [5.41, 5.74) is 6.37. The van der Waals surface area contributed by atoms with E-state index in [0.717, 1.165) is 0 Å². The molecular formula is C17H27NO7. The second-order valence-corrected chi connectivity index (χ2v) is 4.85. The summed E-state index contributed by atoms with van der Waals surface area (Å²) in [5.74, 6) is 0.260. The fourth-order valence-electron chi connectivity index (χ4n) is 1.70. The van der Waals surface area contributed by atoms with Gasteiger partial charge in [0.1, 0.15) is 19.0 Å². The summed E-state index contributed by atoms with van der Waals surface area (Å²) >= 11 is 0. The average Bonchev–Trinajstić information content (AvgIpc) is 2.63. The number of hydrogen-bond acceptors (Lipinski definition) is 8. The van der Waals surface area contributed by atoms with Gasteiger partial charge in [0.05, 0.1) is 59.0 Å². The van der Waals surface area contributed by atoms with E-state index in [1.54, 1.807) is 6.07 Å². The second kappa shape index (κ2) is 14.5. The van der Waals surface area contributed by atoms with Crippen molar-refractivity contribution in [2.45, 2.75) is 0 Å². The Morgan fingerprint density at radius 2 is 1.36 bits per heavy atom. The number of benzene rings is 1. The van der Waals surface area contributed by atoms with Crippen LogP contribution in [-0.2, 0) is 28.5 Å². The zero-order chi connectivity index (χ0) is 18.2. The first kappa shape index (κ1) is 21.2. The molecule has 0 saturated carbocycles. The van der Waals surface area contributed by atoms with Gasteiger partial charge in [0.15, 0.2) is 0 Å². The number of carbonyl (C=O) groups is 1. The summed E-state index contributed by atoms with van der Waals surface area (Å²) in [6.07, 6.45) is 0. The zero-order valence-corrected chi connectivity index (χ0v) is 14.6. The third-order valence-electron chi connectivity index (χ3n) is 2.97. The van der Waals surface area contributed by atoms with Gasteiger partial charge < -0.3 is 34.2 Å².